The fraction of sp³-hybridized carbons (Fsp3) is 0.889. The van der Waals surface area contributed by atoms with Crippen LogP contribution in [0.2, 0.25) is 0 Å². The number of ether oxygens (including phenoxy) is 1. The molecule has 15 heavy (non-hydrogen) atoms. The van der Waals surface area contributed by atoms with E-state index in [0.29, 0.717) is 19.7 Å². The fourth-order valence-corrected chi connectivity index (χ4v) is 1.48. The van der Waals surface area contributed by atoms with Gasteiger partial charge in [0.05, 0.1) is 12.7 Å². The minimum Gasteiger partial charge on any atom is -0.375 e. The van der Waals surface area contributed by atoms with Crippen molar-refractivity contribution in [2.75, 3.05) is 40.3 Å². The summed E-state index contributed by atoms with van der Waals surface area (Å²) in [7, 11) is 3.52. The normalized spacial score (nSPS) is 21.5. The van der Waals surface area contributed by atoms with E-state index in [0.717, 1.165) is 13.0 Å². The highest BCUT2D eigenvalue weighted by Crippen LogP contribution is 2.07. The highest BCUT2D eigenvalue weighted by atomic mass is 35.5. The van der Waals surface area contributed by atoms with Crippen LogP contribution in [-0.4, -0.2) is 62.3 Å². The van der Waals surface area contributed by atoms with E-state index in [1.54, 1.807) is 23.9 Å². The van der Waals surface area contributed by atoms with Crippen molar-refractivity contribution in [2.45, 2.75) is 12.5 Å². The summed E-state index contributed by atoms with van der Waals surface area (Å²) in [6, 6.07) is 0.0475. The first-order valence-corrected chi connectivity index (χ1v) is 4.93. The van der Waals surface area contributed by atoms with Gasteiger partial charge in [-0.05, 0) is 6.42 Å². The highest BCUT2D eigenvalue weighted by Gasteiger charge is 2.20. The maximum Gasteiger partial charge on any atom is 0.319 e. The highest BCUT2D eigenvalue weighted by molar-refractivity contribution is 5.85. The number of rotatable bonds is 1. The molecule has 1 fully saturated rings. The monoisotopic (exact) mass is 237 g/mol. The lowest BCUT2D eigenvalue weighted by molar-refractivity contribution is 0.0685. The number of carbonyl (C=O) groups is 1. The molecule has 0 aliphatic carbocycles. The van der Waals surface area contributed by atoms with Crippen molar-refractivity contribution in [3.8, 4) is 0 Å². The third-order valence-electron chi connectivity index (χ3n) is 2.35. The van der Waals surface area contributed by atoms with Gasteiger partial charge in [0.2, 0.25) is 0 Å². The van der Waals surface area contributed by atoms with E-state index in [-0.39, 0.29) is 24.5 Å². The number of carbonyl (C=O) groups excluding carboxylic acids is 1. The molecule has 0 spiro atoms. The summed E-state index contributed by atoms with van der Waals surface area (Å²) in [5.74, 6) is 0. The Hall–Kier alpha value is -0.520. The number of hydrogen-bond donors (Lipinski definition) is 1. The Balaban J connectivity index is 0.00000196. The molecule has 1 aliphatic heterocycles. The average molecular weight is 238 g/mol. The van der Waals surface area contributed by atoms with Crippen molar-refractivity contribution in [3.63, 3.8) is 0 Å². The first-order chi connectivity index (χ1) is 6.65. The second-order valence-electron chi connectivity index (χ2n) is 3.68. The molecule has 2 amide bonds. The van der Waals surface area contributed by atoms with Crippen LogP contribution in [0.4, 0.5) is 4.79 Å². The van der Waals surface area contributed by atoms with Crippen LogP contribution >= 0.6 is 12.4 Å². The van der Waals surface area contributed by atoms with Gasteiger partial charge < -0.3 is 20.3 Å². The van der Waals surface area contributed by atoms with Crippen LogP contribution in [0.15, 0.2) is 0 Å². The minimum atomic E-state index is 0. The number of urea groups is 1. The number of nitrogens with zero attached hydrogens (tertiary/aromatic N) is 2. The van der Waals surface area contributed by atoms with E-state index in [9.17, 15) is 4.79 Å². The Kier molecular flexibility index (Phi) is 6.63. The van der Waals surface area contributed by atoms with Gasteiger partial charge in [0.15, 0.2) is 0 Å². The van der Waals surface area contributed by atoms with Crippen LogP contribution in [-0.2, 0) is 4.74 Å². The largest absolute Gasteiger partial charge is 0.375 e. The summed E-state index contributed by atoms with van der Waals surface area (Å²) >= 11 is 0. The molecule has 1 atom stereocenters. The molecular weight excluding hydrogens is 218 g/mol. The van der Waals surface area contributed by atoms with Gasteiger partial charge in [0.1, 0.15) is 0 Å². The van der Waals surface area contributed by atoms with Crippen molar-refractivity contribution in [1.29, 1.82) is 0 Å². The van der Waals surface area contributed by atoms with Crippen LogP contribution in [0.1, 0.15) is 6.42 Å². The minimum absolute atomic E-state index is 0. The van der Waals surface area contributed by atoms with Crippen molar-refractivity contribution in [2.24, 2.45) is 5.73 Å². The molecule has 0 bridgehead atoms. The fourth-order valence-electron chi connectivity index (χ4n) is 1.48. The molecular formula is C9H20ClN3O2. The Bertz CT molecular complexity index is 202. The third kappa shape index (κ3) is 4.24. The van der Waals surface area contributed by atoms with Gasteiger partial charge in [-0.3, -0.25) is 0 Å². The van der Waals surface area contributed by atoms with Crippen molar-refractivity contribution >= 4 is 18.4 Å². The number of halogens is 1. The first-order valence-electron chi connectivity index (χ1n) is 4.93. The topological polar surface area (TPSA) is 58.8 Å². The second kappa shape index (κ2) is 6.87. The zero-order valence-corrected chi connectivity index (χ0v) is 10.1. The lowest BCUT2D eigenvalue weighted by atomic mass is 10.2. The molecule has 90 valence electrons. The van der Waals surface area contributed by atoms with E-state index in [2.05, 4.69) is 0 Å². The molecule has 0 aromatic heterocycles. The molecule has 1 unspecified atom stereocenters. The lowest BCUT2D eigenvalue weighted by Crippen LogP contribution is -2.40. The predicted molar refractivity (Wildman–Crippen MR) is 61.3 cm³/mol. The molecule has 1 aliphatic rings. The van der Waals surface area contributed by atoms with Gasteiger partial charge in [-0.15, -0.1) is 12.4 Å². The van der Waals surface area contributed by atoms with Crippen LogP contribution < -0.4 is 5.73 Å². The maximum atomic E-state index is 11.6. The summed E-state index contributed by atoms with van der Waals surface area (Å²) in [6.45, 7) is 2.51. The molecule has 2 N–H and O–H groups in total. The van der Waals surface area contributed by atoms with Crippen LogP contribution in [0, 0.1) is 0 Å². The van der Waals surface area contributed by atoms with E-state index >= 15 is 0 Å². The summed E-state index contributed by atoms with van der Waals surface area (Å²) in [4.78, 5) is 15.0. The van der Waals surface area contributed by atoms with E-state index in [1.807, 2.05) is 0 Å². The Labute approximate surface area is 96.9 Å². The van der Waals surface area contributed by atoms with Crippen molar-refractivity contribution in [3.05, 3.63) is 0 Å². The maximum absolute atomic E-state index is 11.6. The van der Waals surface area contributed by atoms with Gasteiger partial charge >= 0.3 is 6.03 Å². The van der Waals surface area contributed by atoms with Crippen LogP contribution in [0.3, 0.4) is 0 Å². The molecule has 6 heteroatoms. The summed E-state index contributed by atoms with van der Waals surface area (Å²) < 4.78 is 5.47. The average Bonchev–Trinajstić information content (AvgIpc) is 2.41. The number of nitrogens with two attached hydrogens (primary N) is 1. The van der Waals surface area contributed by atoms with Gasteiger partial charge in [-0.2, -0.15) is 0 Å². The number of hydrogen-bond acceptors (Lipinski definition) is 3. The Morgan fingerprint density at radius 1 is 1.53 bits per heavy atom. The predicted octanol–water partition coefficient (Wildman–Crippen LogP) is 0.139. The van der Waals surface area contributed by atoms with Gasteiger partial charge in [-0.25, -0.2) is 4.79 Å². The Morgan fingerprint density at radius 2 is 2.20 bits per heavy atom. The molecule has 0 aromatic rings. The third-order valence-corrected chi connectivity index (χ3v) is 2.35. The molecule has 5 nitrogen and oxygen atoms in total. The van der Waals surface area contributed by atoms with Gasteiger partial charge in [-0.1, -0.05) is 0 Å². The van der Waals surface area contributed by atoms with E-state index in [1.165, 1.54) is 0 Å². The number of amides is 2. The van der Waals surface area contributed by atoms with Crippen molar-refractivity contribution in [1.82, 2.24) is 9.80 Å². The van der Waals surface area contributed by atoms with Crippen LogP contribution in [0.25, 0.3) is 0 Å². The summed E-state index contributed by atoms with van der Waals surface area (Å²) in [6.07, 6.45) is 0.936. The lowest BCUT2D eigenvalue weighted by Gasteiger charge is -2.23. The molecule has 1 heterocycles. The van der Waals surface area contributed by atoms with Crippen LogP contribution in [0.5, 0.6) is 0 Å². The van der Waals surface area contributed by atoms with Crippen molar-refractivity contribution < 1.29 is 9.53 Å². The molecule has 0 radical (unpaired) electrons. The zero-order valence-electron chi connectivity index (χ0n) is 9.31. The molecule has 1 rings (SSSR count). The molecule has 0 saturated carbocycles. The van der Waals surface area contributed by atoms with E-state index < -0.39 is 0 Å². The van der Waals surface area contributed by atoms with E-state index in [4.69, 9.17) is 10.5 Å². The molecule has 0 aromatic carbocycles. The SMILES string of the molecule is CN(C)C(=O)N1CCOC(CN)CC1.Cl. The standard InChI is InChI=1S/C9H19N3O2.ClH/c1-11(2)9(13)12-4-3-8(7-10)14-6-5-12;/h8H,3-7,10H2,1-2H3;1H. The van der Waals surface area contributed by atoms with Gasteiger partial charge in [0, 0.05) is 33.7 Å². The quantitative estimate of drug-likeness (QED) is 0.706. The summed E-state index contributed by atoms with van der Waals surface area (Å²) in [5, 5.41) is 0. The zero-order chi connectivity index (χ0) is 10.6. The Morgan fingerprint density at radius 3 is 2.73 bits per heavy atom. The smallest absolute Gasteiger partial charge is 0.319 e. The van der Waals surface area contributed by atoms with Gasteiger partial charge in [0.25, 0.3) is 0 Å². The summed E-state index contributed by atoms with van der Waals surface area (Å²) in [5.41, 5.74) is 5.52. The molecule has 1 saturated heterocycles. The second-order valence-corrected chi connectivity index (χ2v) is 3.68. The first kappa shape index (κ1) is 14.5.